The van der Waals surface area contributed by atoms with Crippen LogP contribution in [0.1, 0.15) is 53.0 Å². The number of nitrogens with zero attached hydrogens (tertiary/aromatic N) is 6. The minimum Gasteiger partial charge on any atom is -0.357 e. The number of benzene rings is 2. The number of rotatable bonds is 8. The van der Waals surface area contributed by atoms with Crippen molar-refractivity contribution in [2.75, 3.05) is 6.54 Å². The average molecular weight is 507 g/mol. The second-order valence-electron chi connectivity index (χ2n) is 9.65. The molecule has 1 amide bonds. The summed E-state index contributed by atoms with van der Waals surface area (Å²) in [4.78, 5) is 23.1. The third-order valence-electron chi connectivity index (χ3n) is 7.18. The summed E-state index contributed by atoms with van der Waals surface area (Å²) >= 11 is 0. The monoisotopic (exact) mass is 506 g/mol. The molecular weight excluding hydrogens is 476 g/mol. The van der Waals surface area contributed by atoms with Gasteiger partial charge in [-0.1, -0.05) is 61.9 Å². The predicted octanol–water partition coefficient (Wildman–Crippen LogP) is 4.65. The molecule has 0 aliphatic carbocycles. The summed E-state index contributed by atoms with van der Waals surface area (Å²) in [7, 11) is 0. The van der Waals surface area contributed by atoms with Crippen LogP contribution in [0.25, 0.3) is 22.5 Å². The van der Waals surface area contributed by atoms with Gasteiger partial charge in [0, 0.05) is 37.7 Å². The van der Waals surface area contributed by atoms with E-state index in [4.69, 9.17) is 4.98 Å². The van der Waals surface area contributed by atoms with Gasteiger partial charge in [0.2, 0.25) is 5.82 Å². The lowest BCUT2D eigenvalue weighted by molar-refractivity contribution is 0.0724. The van der Waals surface area contributed by atoms with E-state index in [0.29, 0.717) is 24.6 Å². The zero-order valence-corrected chi connectivity index (χ0v) is 21.4. The lowest BCUT2D eigenvalue weighted by atomic mass is 9.98. The molecule has 0 radical (unpaired) electrons. The van der Waals surface area contributed by atoms with E-state index in [1.807, 2.05) is 35.2 Å². The lowest BCUT2D eigenvalue weighted by Crippen LogP contribution is -2.37. The SMILES string of the molecule is CCCCc1nc2c(n1Cc1ccc(-c3ccccc3-c3nn[nH]n3)cc1)CN(C(=O)c1ccc[nH]1)CC2. The number of aromatic nitrogens is 7. The largest absolute Gasteiger partial charge is 0.357 e. The number of aryl methyl sites for hydroxylation is 1. The van der Waals surface area contributed by atoms with Crippen molar-refractivity contribution < 1.29 is 4.79 Å². The van der Waals surface area contributed by atoms with E-state index >= 15 is 0 Å². The molecule has 0 spiro atoms. The standard InChI is InChI=1S/C29H30N8O/c1-2-3-10-27-31-24-15-17-36(29(38)25-9-6-16-30-25)19-26(24)37(27)18-20-11-13-21(14-12-20)22-7-4-5-8-23(22)28-32-34-35-33-28/h4-9,11-14,16,30H,2-3,10,15,17-19H2,1H3,(H,32,33,34,35). The summed E-state index contributed by atoms with van der Waals surface area (Å²) in [5.74, 6) is 1.72. The van der Waals surface area contributed by atoms with E-state index in [9.17, 15) is 4.79 Å². The van der Waals surface area contributed by atoms with Crippen LogP contribution in [0.5, 0.6) is 0 Å². The molecule has 4 heterocycles. The van der Waals surface area contributed by atoms with Crippen molar-refractivity contribution in [3.8, 4) is 22.5 Å². The minimum atomic E-state index is 0.0353. The summed E-state index contributed by atoms with van der Waals surface area (Å²) in [6, 6.07) is 20.4. The molecule has 3 aromatic heterocycles. The van der Waals surface area contributed by atoms with Gasteiger partial charge in [-0.3, -0.25) is 4.79 Å². The Morgan fingerprint density at radius 3 is 2.61 bits per heavy atom. The highest BCUT2D eigenvalue weighted by Gasteiger charge is 2.27. The van der Waals surface area contributed by atoms with Crippen LogP contribution in [-0.2, 0) is 25.9 Å². The fraction of sp³-hybridized carbons (Fsp3) is 0.276. The van der Waals surface area contributed by atoms with Gasteiger partial charge in [0.05, 0.1) is 17.9 Å². The van der Waals surface area contributed by atoms with E-state index in [0.717, 1.165) is 66.1 Å². The molecule has 1 aliphatic rings. The molecule has 0 unspecified atom stereocenters. The van der Waals surface area contributed by atoms with Crippen LogP contribution >= 0.6 is 0 Å². The van der Waals surface area contributed by atoms with Crippen molar-refractivity contribution in [3.05, 3.63) is 95.3 Å². The Labute approximate surface area is 220 Å². The van der Waals surface area contributed by atoms with Crippen LogP contribution in [0.2, 0.25) is 0 Å². The van der Waals surface area contributed by atoms with E-state index in [1.54, 1.807) is 6.20 Å². The lowest BCUT2D eigenvalue weighted by Gasteiger charge is -2.27. The second-order valence-corrected chi connectivity index (χ2v) is 9.65. The first-order chi connectivity index (χ1) is 18.7. The van der Waals surface area contributed by atoms with Crippen molar-refractivity contribution >= 4 is 5.91 Å². The molecule has 0 atom stereocenters. The molecule has 38 heavy (non-hydrogen) atoms. The van der Waals surface area contributed by atoms with Gasteiger partial charge >= 0.3 is 0 Å². The predicted molar refractivity (Wildman–Crippen MR) is 144 cm³/mol. The van der Waals surface area contributed by atoms with Gasteiger partial charge in [-0.15, -0.1) is 10.2 Å². The summed E-state index contributed by atoms with van der Waals surface area (Å²) in [5.41, 5.74) is 7.18. The van der Waals surface area contributed by atoms with Crippen LogP contribution in [0.15, 0.2) is 66.9 Å². The molecule has 5 aromatic rings. The average Bonchev–Trinajstić information content (AvgIpc) is 3.74. The summed E-state index contributed by atoms with van der Waals surface area (Å²) in [6.45, 7) is 4.18. The number of fused-ring (bicyclic) bond motifs is 1. The van der Waals surface area contributed by atoms with E-state index in [1.165, 1.54) is 5.56 Å². The molecule has 0 fully saturated rings. The van der Waals surface area contributed by atoms with Crippen molar-refractivity contribution in [2.24, 2.45) is 0 Å². The summed E-state index contributed by atoms with van der Waals surface area (Å²) in [5, 5.41) is 14.6. The van der Waals surface area contributed by atoms with Crippen LogP contribution in [0.3, 0.4) is 0 Å². The zero-order chi connectivity index (χ0) is 25.9. The molecule has 6 rings (SSSR count). The van der Waals surface area contributed by atoms with Gasteiger partial charge in [-0.05, 0) is 40.5 Å². The number of hydrogen-bond donors (Lipinski definition) is 2. The summed E-state index contributed by atoms with van der Waals surface area (Å²) < 4.78 is 2.33. The third-order valence-corrected chi connectivity index (χ3v) is 7.18. The maximum atomic E-state index is 13.1. The van der Waals surface area contributed by atoms with Gasteiger partial charge < -0.3 is 14.5 Å². The number of aromatic amines is 2. The summed E-state index contributed by atoms with van der Waals surface area (Å²) in [6.07, 6.45) is 5.71. The smallest absolute Gasteiger partial charge is 0.270 e. The molecule has 2 aromatic carbocycles. The first-order valence-corrected chi connectivity index (χ1v) is 13.1. The molecule has 0 saturated carbocycles. The highest BCUT2D eigenvalue weighted by Crippen LogP contribution is 2.30. The van der Waals surface area contributed by atoms with Gasteiger partial charge in [0.25, 0.3) is 5.91 Å². The number of tetrazole rings is 1. The fourth-order valence-electron chi connectivity index (χ4n) is 5.17. The van der Waals surface area contributed by atoms with Crippen molar-refractivity contribution in [1.29, 1.82) is 0 Å². The first-order valence-electron chi connectivity index (χ1n) is 13.1. The van der Waals surface area contributed by atoms with Crippen molar-refractivity contribution in [1.82, 2.24) is 40.1 Å². The molecule has 192 valence electrons. The molecule has 9 nitrogen and oxygen atoms in total. The zero-order valence-electron chi connectivity index (χ0n) is 21.4. The normalized spacial score (nSPS) is 13.0. The number of hydrogen-bond acceptors (Lipinski definition) is 5. The topological polar surface area (TPSA) is 108 Å². The Balaban J connectivity index is 1.28. The Morgan fingerprint density at radius 1 is 1.03 bits per heavy atom. The van der Waals surface area contributed by atoms with E-state index in [-0.39, 0.29) is 5.91 Å². The van der Waals surface area contributed by atoms with E-state index in [2.05, 4.69) is 67.4 Å². The highest BCUT2D eigenvalue weighted by atomic mass is 16.2. The Bertz CT molecular complexity index is 1520. The van der Waals surface area contributed by atoms with Gasteiger partial charge in [-0.25, -0.2) is 4.98 Å². The van der Waals surface area contributed by atoms with Gasteiger partial charge in [0.1, 0.15) is 11.5 Å². The number of amides is 1. The van der Waals surface area contributed by atoms with Gasteiger partial charge in [-0.2, -0.15) is 5.21 Å². The molecule has 0 bridgehead atoms. The first kappa shape index (κ1) is 23.8. The third kappa shape index (κ3) is 4.63. The van der Waals surface area contributed by atoms with Crippen molar-refractivity contribution in [2.45, 2.75) is 45.7 Å². The number of H-pyrrole nitrogens is 2. The van der Waals surface area contributed by atoms with Crippen LogP contribution < -0.4 is 0 Å². The van der Waals surface area contributed by atoms with E-state index < -0.39 is 0 Å². The Kier molecular flexibility index (Phi) is 6.56. The van der Waals surface area contributed by atoms with Crippen LogP contribution in [0.4, 0.5) is 0 Å². The Hall–Kier alpha value is -4.53. The number of carbonyl (C=O) groups is 1. The Morgan fingerprint density at radius 2 is 1.87 bits per heavy atom. The fourth-order valence-corrected chi connectivity index (χ4v) is 5.17. The van der Waals surface area contributed by atoms with Crippen LogP contribution in [-0.4, -0.2) is 52.5 Å². The maximum Gasteiger partial charge on any atom is 0.270 e. The minimum absolute atomic E-state index is 0.0353. The molecule has 1 aliphatic heterocycles. The highest BCUT2D eigenvalue weighted by molar-refractivity contribution is 5.92. The van der Waals surface area contributed by atoms with Gasteiger partial charge in [0.15, 0.2) is 0 Å². The number of imidazole rings is 1. The van der Waals surface area contributed by atoms with Crippen molar-refractivity contribution in [3.63, 3.8) is 0 Å². The molecular formula is C29H30N8O. The molecule has 9 heteroatoms. The number of unbranched alkanes of at least 4 members (excludes halogenated alkanes) is 1. The van der Waals surface area contributed by atoms with Crippen LogP contribution in [0, 0.1) is 0 Å². The number of nitrogens with one attached hydrogen (secondary N) is 2. The molecule has 0 saturated heterocycles. The quantitative estimate of drug-likeness (QED) is 0.319. The number of carbonyl (C=O) groups excluding carboxylic acids is 1. The second kappa shape index (κ2) is 10.5. The maximum absolute atomic E-state index is 13.1. The molecule has 2 N–H and O–H groups in total.